The molecule has 3 N–H and O–H groups in total. The van der Waals surface area contributed by atoms with Crippen LogP contribution in [0.15, 0.2) is 197 Å². The van der Waals surface area contributed by atoms with E-state index >= 15 is 0 Å². The Bertz CT molecular complexity index is 2970. The van der Waals surface area contributed by atoms with Crippen LogP contribution in [-0.2, 0) is 6.54 Å². The molecule has 0 aliphatic carbocycles. The van der Waals surface area contributed by atoms with Gasteiger partial charge in [-0.05, 0) is 77.9 Å². The number of nitrogens with one attached hydrogen (secondary N) is 1. The molecule has 0 radical (unpaired) electrons. The van der Waals surface area contributed by atoms with E-state index in [9.17, 15) is 0 Å². The Kier molecular flexibility index (Phi) is 10.8. The third-order valence-electron chi connectivity index (χ3n) is 9.96. The molecule has 276 valence electrons. The zero-order chi connectivity index (χ0) is 39.1. The zero-order valence-electron chi connectivity index (χ0n) is 31.7. The Morgan fingerprint density at radius 1 is 0.561 bits per heavy atom. The molecule has 5 heteroatoms. The summed E-state index contributed by atoms with van der Waals surface area (Å²) in [6.07, 6.45) is 0. The van der Waals surface area contributed by atoms with E-state index in [0.717, 1.165) is 55.3 Å². The first-order chi connectivity index (χ1) is 28.0. The van der Waals surface area contributed by atoms with Crippen molar-refractivity contribution in [3.8, 4) is 33.4 Å². The fourth-order valence-corrected chi connectivity index (χ4v) is 8.38. The van der Waals surface area contributed by atoms with Gasteiger partial charge in [-0.2, -0.15) is 0 Å². The second-order valence-corrected chi connectivity index (χ2v) is 14.9. The largest absolute Gasteiger partial charge is 0.455 e. The highest BCUT2D eigenvalue weighted by molar-refractivity contribution is 7.25. The van der Waals surface area contributed by atoms with Gasteiger partial charge in [0.25, 0.3) is 0 Å². The third kappa shape index (κ3) is 7.88. The highest BCUT2D eigenvalue weighted by atomic mass is 32.1. The number of aryl methyl sites for hydroxylation is 1. The quantitative estimate of drug-likeness (QED) is 0.131. The van der Waals surface area contributed by atoms with Crippen molar-refractivity contribution in [1.29, 1.82) is 5.41 Å². The molecule has 0 unspecified atom stereocenters. The number of nitrogens with zero attached hydrogens (tertiary/aromatic N) is 1. The van der Waals surface area contributed by atoms with E-state index in [2.05, 4.69) is 122 Å². The Hall–Kier alpha value is -7.08. The average Bonchev–Trinajstić information content (AvgIpc) is 3.83. The van der Waals surface area contributed by atoms with Gasteiger partial charge in [-0.15, -0.1) is 11.3 Å². The van der Waals surface area contributed by atoms with Gasteiger partial charge in [-0.3, -0.25) is 10.4 Å². The SMILES string of the molecule is C=NCc1ccc2c(c1)sc1ccccc12.Cc1ccccc1.N=C(N)c1ccc(-c2ccccc2)c2oc3c(-c4ccccc4)cc(-c4ccccc4)cc3c12. The van der Waals surface area contributed by atoms with E-state index in [-0.39, 0.29) is 5.84 Å². The predicted molar refractivity (Wildman–Crippen MR) is 245 cm³/mol. The minimum Gasteiger partial charge on any atom is -0.455 e. The van der Waals surface area contributed by atoms with Gasteiger partial charge in [-0.25, -0.2) is 0 Å². The van der Waals surface area contributed by atoms with E-state index in [1.54, 1.807) is 0 Å². The Balaban J connectivity index is 0.000000162. The van der Waals surface area contributed by atoms with Crippen LogP contribution in [-0.4, -0.2) is 12.6 Å². The van der Waals surface area contributed by atoms with Crippen molar-refractivity contribution < 1.29 is 4.42 Å². The summed E-state index contributed by atoms with van der Waals surface area (Å²) >= 11 is 1.84. The molecule has 0 atom stereocenters. The summed E-state index contributed by atoms with van der Waals surface area (Å²) in [7, 11) is 0. The smallest absolute Gasteiger partial charge is 0.144 e. The Morgan fingerprint density at radius 3 is 1.75 bits per heavy atom. The summed E-state index contributed by atoms with van der Waals surface area (Å²) in [5.74, 6) is 0.0266. The van der Waals surface area contributed by atoms with E-state index in [0.29, 0.717) is 12.1 Å². The van der Waals surface area contributed by atoms with Crippen LogP contribution in [0.2, 0.25) is 0 Å². The topological polar surface area (TPSA) is 75.4 Å². The van der Waals surface area contributed by atoms with Gasteiger partial charge in [0.05, 0.1) is 6.54 Å². The Labute approximate surface area is 336 Å². The molecule has 0 saturated carbocycles. The monoisotopic (exact) mass is 755 g/mol. The second kappa shape index (κ2) is 16.7. The van der Waals surface area contributed by atoms with Crippen LogP contribution in [0, 0.1) is 12.3 Å². The van der Waals surface area contributed by atoms with Crippen LogP contribution in [0.1, 0.15) is 16.7 Å². The molecular formula is C52H41N3OS. The molecule has 57 heavy (non-hydrogen) atoms. The van der Waals surface area contributed by atoms with E-state index < -0.39 is 0 Å². The summed E-state index contributed by atoms with van der Waals surface area (Å²) < 4.78 is 9.34. The number of rotatable bonds is 6. The Morgan fingerprint density at radius 2 is 1.14 bits per heavy atom. The lowest BCUT2D eigenvalue weighted by atomic mass is 9.93. The van der Waals surface area contributed by atoms with Crippen molar-refractivity contribution in [2.75, 3.05) is 0 Å². The normalized spacial score (nSPS) is 10.8. The zero-order valence-corrected chi connectivity index (χ0v) is 32.5. The third-order valence-corrected chi connectivity index (χ3v) is 11.1. The molecule has 0 fully saturated rings. The van der Waals surface area contributed by atoms with E-state index in [1.165, 1.54) is 31.3 Å². The van der Waals surface area contributed by atoms with E-state index in [1.807, 2.05) is 96.3 Å². The van der Waals surface area contributed by atoms with Crippen LogP contribution >= 0.6 is 11.3 Å². The van der Waals surface area contributed by atoms with Gasteiger partial charge >= 0.3 is 0 Å². The predicted octanol–water partition coefficient (Wildman–Crippen LogP) is 14.1. The highest BCUT2D eigenvalue weighted by Crippen LogP contribution is 2.43. The lowest BCUT2D eigenvalue weighted by Gasteiger charge is -2.08. The summed E-state index contributed by atoms with van der Waals surface area (Å²) in [6, 6.07) is 64.4. The van der Waals surface area contributed by atoms with Crippen LogP contribution in [0.5, 0.6) is 0 Å². The van der Waals surface area contributed by atoms with Gasteiger partial charge in [0.1, 0.15) is 17.0 Å². The first-order valence-corrected chi connectivity index (χ1v) is 19.7. The maximum atomic E-state index is 8.28. The first kappa shape index (κ1) is 36.9. The molecule has 10 aromatic rings. The van der Waals surface area contributed by atoms with Crippen molar-refractivity contribution in [3.05, 3.63) is 205 Å². The molecule has 0 aliphatic heterocycles. The van der Waals surface area contributed by atoms with Gasteiger partial charge in [0, 0.05) is 47.6 Å². The molecule has 2 aromatic heterocycles. The number of thiophene rings is 1. The fraction of sp³-hybridized carbons (Fsp3) is 0.0385. The highest BCUT2D eigenvalue weighted by Gasteiger charge is 2.21. The van der Waals surface area contributed by atoms with Crippen LogP contribution < -0.4 is 5.73 Å². The molecule has 2 heterocycles. The molecule has 4 nitrogen and oxygen atoms in total. The van der Waals surface area contributed by atoms with Crippen molar-refractivity contribution in [2.24, 2.45) is 10.7 Å². The van der Waals surface area contributed by atoms with Crippen LogP contribution in [0.4, 0.5) is 0 Å². The number of furan rings is 1. The molecular weight excluding hydrogens is 715 g/mol. The van der Waals surface area contributed by atoms with E-state index in [4.69, 9.17) is 15.6 Å². The van der Waals surface area contributed by atoms with Crippen molar-refractivity contribution >= 4 is 66.0 Å². The maximum Gasteiger partial charge on any atom is 0.144 e. The minimum atomic E-state index is 0.0266. The number of amidine groups is 1. The van der Waals surface area contributed by atoms with Crippen LogP contribution in [0.3, 0.4) is 0 Å². The molecule has 0 spiro atoms. The van der Waals surface area contributed by atoms with Crippen molar-refractivity contribution in [3.63, 3.8) is 0 Å². The van der Waals surface area contributed by atoms with Crippen LogP contribution in [0.25, 0.3) is 75.5 Å². The lowest BCUT2D eigenvalue weighted by Crippen LogP contribution is -2.11. The molecule has 0 bridgehead atoms. The lowest BCUT2D eigenvalue weighted by molar-refractivity contribution is 0.671. The number of hydrogen-bond acceptors (Lipinski definition) is 4. The molecule has 8 aromatic carbocycles. The number of nitrogens with two attached hydrogens (primary N) is 1. The molecule has 10 rings (SSSR count). The summed E-state index contributed by atoms with van der Waals surface area (Å²) in [4.78, 5) is 3.92. The maximum absolute atomic E-state index is 8.28. The number of nitrogen functional groups attached to an aromatic ring is 1. The molecule has 0 amide bonds. The number of hydrogen-bond donors (Lipinski definition) is 2. The molecule has 0 saturated heterocycles. The number of benzene rings is 8. The average molecular weight is 756 g/mol. The summed E-state index contributed by atoms with van der Waals surface area (Å²) in [5, 5.41) is 12.8. The second-order valence-electron chi connectivity index (χ2n) is 13.8. The van der Waals surface area contributed by atoms with Crippen molar-refractivity contribution in [2.45, 2.75) is 13.5 Å². The first-order valence-electron chi connectivity index (χ1n) is 18.9. The minimum absolute atomic E-state index is 0.0266. The van der Waals surface area contributed by atoms with Gasteiger partial charge in [0.15, 0.2) is 0 Å². The summed E-state index contributed by atoms with van der Waals surface area (Å²) in [5.41, 5.74) is 17.2. The number of aliphatic imine (C=N–C) groups is 1. The number of fused-ring (bicyclic) bond motifs is 6. The standard InChI is InChI=1S/C31H22N2O.C14H11NS.C7H8/c32-31(33)25-17-16-24(21-12-6-2-7-13-21)30-28(25)27-19-23(20-10-4-1-5-11-20)18-26(29(27)34-30)22-14-8-3-9-15-22;1-15-9-10-6-7-12-11-4-2-3-5-13(11)16-14(12)8-10;1-7-5-3-2-4-6-7/h1-19H,(H3,32,33);2-8H,1,9H2;2-6H,1H3. The fourth-order valence-electron chi connectivity index (χ4n) is 7.21. The van der Waals surface area contributed by atoms with Gasteiger partial charge in [0.2, 0.25) is 0 Å². The summed E-state index contributed by atoms with van der Waals surface area (Å²) in [6.45, 7) is 6.31. The van der Waals surface area contributed by atoms with Gasteiger partial charge < -0.3 is 10.2 Å². The van der Waals surface area contributed by atoms with Gasteiger partial charge in [-0.1, -0.05) is 157 Å². The molecule has 0 aliphatic rings. The van der Waals surface area contributed by atoms with Crippen molar-refractivity contribution in [1.82, 2.24) is 0 Å².